The van der Waals surface area contributed by atoms with Gasteiger partial charge in [-0.15, -0.1) is 48.0 Å². The standard InChI is InChI=1S/C16H11N2.C9H13.2ClH.Zr/c1-2-6-13-10-15(9-12(13)5-1)18-11-14-7-3-4-8-16(14)17-18;1-6-5-7(2)9(4)8(6)3;;;/h1-11H;6H,1-4H3;2*1H;/q2*-1;;;+4/p-2. The van der Waals surface area contributed by atoms with Gasteiger partial charge in [0.05, 0.1) is 5.52 Å². The second-order valence-corrected chi connectivity index (χ2v) is 7.27. The molecule has 1 heterocycles. The summed E-state index contributed by atoms with van der Waals surface area (Å²) < 4.78 is 1.95. The normalized spacial score (nSPS) is 14.9. The minimum Gasteiger partial charge on any atom is -1.00 e. The monoisotopic (exact) mass is 512 g/mol. The molecule has 3 aromatic carbocycles. The van der Waals surface area contributed by atoms with Gasteiger partial charge in [0.1, 0.15) is 0 Å². The van der Waals surface area contributed by atoms with Crippen LogP contribution in [-0.4, -0.2) is 9.78 Å². The molecule has 1 aromatic heterocycles. The molecule has 1 aliphatic carbocycles. The SMILES string of the molecule is CC1=[C-]C(C)C(C)=C1C.[Cl-].[Cl-].[Zr+4].c1ccc2[cH-]c(-n3cc4ccccc4n3)cc2c1. The number of hydrogen-bond donors (Lipinski definition) is 0. The third-order valence-electron chi connectivity index (χ3n) is 5.52. The van der Waals surface area contributed by atoms with Crippen molar-refractivity contribution in [2.75, 3.05) is 0 Å². The maximum atomic E-state index is 4.59. The summed E-state index contributed by atoms with van der Waals surface area (Å²) >= 11 is 0. The molecule has 1 aliphatic rings. The Morgan fingerprint density at radius 1 is 0.933 bits per heavy atom. The van der Waals surface area contributed by atoms with E-state index >= 15 is 0 Å². The molecule has 5 rings (SSSR count). The van der Waals surface area contributed by atoms with E-state index in [1.807, 2.05) is 22.9 Å². The predicted octanol–water partition coefficient (Wildman–Crippen LogP) is 0.625. The summed E-state index contributed by atoms with van der Waals surface area (Å²) in [5.74, 6) is 0.560. The van der Waals surface area contributed by atoms with E-state index in [1.54, 1.807) is 0 Å². The molecule has 1 unspecified atom stereocenters. The van der Waals surface area contributed by atoms with Gasteiger partial charge in [-0.25, -0.2) is 5.57 Å². The van der Waals surface area contributed by atoms with Crippen molar-refractivity contribution in [1.29, 1.82) is 0 Å². The Balaban J connectivity index is 0.000000327. The Morgan fingerprint density at radius 3 is 2.10 bits per heavy atom. The van der Waals surface area contributed by atoms with Crippen LogP contribution in [0.5, 0.6) is 0 Å². The number of fused-ring (bicyclic) bond motifs is 2. The van der Waals surface area contributed by atoms with Crippen molar-refractivity contribution in [2.24, 2.45) is 5.92 Å². The van der Waals surface area contributed by atoms with Crippen LogP contribution in [-0.2, 0) is 26.2 Å². The summed E-state index contributed by atoms with van der Waals surface area (Å²) in [6.45, 7) is 8.67. The number of nitrogens with zero attached hydrogens (tertiary/aromatic N) is 2. The molecule has 0 aliphatic heterocycles. The first kappa shape index (κ1) is 26.5. The zero-order valence-corrected chi connectivity index (χ0v) is 21.5. The van der Waals surface area contributed by atoms with Crippen LogP contribution in [0.25, 0.3) is 27.4 Å². The molecule has 0 N–H and O–H groups in total. The molecule has 0 spiro atoms. The van der Waals surface area contributed by atoms with Crippen LogP contribution >= 0.6 is 0 Å². The largest absolute Gasteiger partial charge is 4.00 e. The van der Waals surface area contributed by atoms with Gasteiger partial charge in [0.2, 0.25) is 0 Å². The van der Waals surface area contributed by atoms with E-state index in [9.17, 15) is 0 Å². The molecule has 30 heavy (non-hydrogen) atoms. The van der Waals surface area contributed by atoms with Crippen molar-refractivity contribution >= 4 is 21.7 Å². The van der Waals surface area contributed by atoms with Gasteiger partial charge in [-0.3, -0.25) is 10.8 Å². The maximum absolute atomic E-state index is 4.59. The minimum absolute atomic E-state index is 0. The van der Waals surface area contributed by atoms with Gasteiger partial charge in [0, 0.05) is 11.6 Å². The van der Waals surface area contributed by atoms with Crippen molar-refractivity contribution in [1.82, 2.24) is 9.78 Å². The van der Waals surface area contributed by atoms with Crippen LogP contribution in [0, 0.1) is 12.0 Å². The minimum atomic E-state index is 0. The summed E-state index contributed by atoms with van der Waals surface area (Å²) in [5.41, 5.74) is 6.39. The predicted molar refractivity (Wildman–Crippen MR) is 114 cm³/mol. The quantitative estimate of drug-likeness (QED) is 0.341. The van der Waals surface area contributed by atoms with Gasteiger partial charge >= 0.3 is 26.2 Å². The fourth-order valence-electron chi connectivity index (χ4n) is 3.52. The van der Waals surface area contributed by atoms with E-state index in [-0.39, 0.29) is 51.0 Å². The van der Waals surface area contributed by atoms with E-state index in [2.05, 4.69) is 87.5 Å². The topological polar surface area (TPSA) is 17.8 Å². The second-order valence-electron chi connectivity index (χ2n) is 7.27. The zero-order valence-electron chi connectivity index (χ0n) is 17.6. The van der Waals surface area contributed by atoms with Crippen molar-refractivity contribution in [3.05, 3.63) is 89.7 Å². The Kier molecular flexibility index (Phi) is 9.88. The third kappa shape index (κ3) is 5.38. The molecule has 0 bridgehead atoms. The van der Waals surface area contributed by atoms with Gasteiger partial charge in [0.15, 0.2) is 0 Å². The molecular formula is C25H24Cl2N2Zr. The van der Waals surface area contributed by atoms with Gasteiger partial charge in [-0.1, -0.05) is 51.0 Å². The summed E-state index contributed by atoms with van der Waals surface area (Å²) in [7, 11) is 0. The summed E-state index contributed by atoms with van der Waals surface area (Å²) in [4.78, 5) is 0. The van der Waals surface area contributed by atoms with Crippen LogP contribution in [0.3, 0.4) is 0 Å². The Morgan fingerprint density at radius 2 is 1.57 bits per heavy atom. The van der Waals surface area contributed by atoms with Gasteiger partial charge in [-0.05, 0) is 11.8 Å². The van der Waals surface area contributed by atoms with Gasteiger partial charge in [-0.2, -0.15) is 16.2 Å². The molecule has 2 nitrogen and oxygen atoms in total. The molecule has 0 saturated heterocycles. The zero-order chi connectivity index (χ0) is 19.0. The van der Waals surface area contributed by atoms with Crippen molar-refractivity contribution in [3.63, 3.8) is 0 Å². The first-order chi connectivity index (χ1) is 13.0. The van der Waals surface area contributed by atoms with E-state index in [0.29, 0.717) is 5.92 Å². The molecule has 0 fully saturated rings. The molecule has 0 radical (unpaired) electrons. The summed E-state index contributed by atoms with van der Waals surface area (Å²) in [6.07, 6.45) is 5.43. The van der Waals surface area contributed by atoms with Crippen LogP contribution in [0.15, 0.2) is 83.6 Å². The van der Waals surface area contributed by atoms with Crippen LogP contribution in [0.1, 0.15) is 27.7 Å². The number of hydrogen-bond acceptors (Lipinski definition) is 1. The third-order valence-corrected chi connectivity index (χ3v) is 5.52. The molecule has 0 saturated carbocycles. The number of rotatable bonds is 1. The van der Waals surface area contributed by atoms with Crippen molar-refractivity contribution < 1.29 is 51.0 Å². The Labute approximate surface area is 210 Å². The number of halogens is 2. The van der Waals surface area contributed by atoms with Gasteiger partial charge in [0.25, 0.3) is 0 Å². The Hall–Kier alpha value is -1.54. The molecule has 4 aromatic rings. The average Bonchev–Trinajstić information content (AvgIpc) is 3.35. The fourth-order valence-corrected chi connectivity index (χ4v) is 3.52. The average molecular weight is 515 g/mol. The molecule has 5 heteroatoms. The molecular weight excluding hydrogens is 490 g/mol. The summed E-state index contributed by atoms with van der Waals surface area (Å²) in [6, 6.07) is 20.9. The number of allylic oxidation sites excluding steroid dienone is 4. The van der Waals surface area contributed by atoms with E-state index in [4.69, 9.17) is 0 Å². The number of aromatic nitrogens is 2. The molecule has 152 valence electrons. The first-order valence-corrected chi connectivity index (χ1v) is 9.41. The fraction of sp³-hybridized carbons (Fsp3) is 0.200. The Bertz CT molecular complexity index is 1050. The van der Waals surface area contributed by atoms with Crippen LogP contribution in [0.2, 0.25) is 0 Å². The van der Waals surface area contributed by atoms with Gasteiger partial charge < -0.3 is 24.8 Å². The molecule has 1 atom stereocenters. The second kappa shape index (κ2) is 11.2. The van der Waals surface area contributed by atoms with Crippen LogP contribution in [0.4, 0.5) is 0 Å². The van der Waals surface area contributed by atoms with Crippen molar-refractivity contribution in [2.45, 2.75) is 27.7 Å². The van der Waals surface area contributed by atoms with Crippen LogP contribution < -0.4 is 24.8 Å². The summed E-state index contributed by atoms with van der Waals surface area (Å²) in [5, 5.41) is 8.28. The van der Waals surface area contributed by atoms with E-state index in [1.165, 1.54) is 32.9 Å². The maximum Gasteiger partial charge on any atom is 4.00 e. The van der Waals surface area contributed by atoms with E-state index in [0.717, 1.165) is 11.2 Å². The number of benzene rings is 2. The molecule has 0 amide bonds. The first-order valence-electron chi connectivity index (χ1n) is 9.41. The van der Waals surface area contributed by atoms with E-state index < -0.39 is 0 Å². The smallest absolute Gasteiger partial charge is 1.00 e. The van der Waals surface area contributed by atoms with Crippen molar-refractivity contribution in [3.8, 4) is 5.69 Å².